The minimum atomic E-state index is 0.460. The maximum atomic E-state index is 4.27. The van der Waals surface area contributed by atoms with Crippen molar-refractivity contribution in [3.8, 4) is 0 Å². The van der Waals surface area contributed by atoms with Gasteiger partial charge in [0.1, 0.15) is 0 Å². The van der Waals surface area contributed by atoms with Gasteiger partial charge in [-0.15, -0.1) is 10.2 Å². The Morgan fingerprint density at radius 2 is 2.41 bits per heavy atom. The zero-order valence-corrected chi connectivity index (χ0v) is 11.9. The Balaban J connectivity index is 1.95. The molecule has 2 rings (SSSR count). The number of nitrogens with one attached hydrogen (secondary N) is 1. The van der Waals surface area contributed by atoms with Gasteiger partial charge in [0.2, 0.25) is 0 Å². The SMILES string of the molecule is CCNC(Cc1nnn(C)n1)C1CSCCS1. The Labute approximate surface area is 110 Å². The highest BCUT2D eigenvalue weighted by Gasteiger charge is 2.25. The molecule has 2 atom stereocenters. The number of nitrogens with zero attached hydrogens (tertiary/aromatic N) is 4. The van der Waals surface area contributed by atoms with Crippen LogP contribution in [0.3, 0.4) is 0 Å². The number of rotatable bonds is 5. The summed E-state index contributed by atoms with van der Waals surface area (Å²) in [6.07, 6.45) is 0.875. The standard InChI is InChI=1S/C10H19N5S2/c1-3-11-8(9-7-16-4-5-17-9)6-10-12-14-15(2)13-10/h8-9,11H,3-7H2,1-2H3. The summed E-state index contributed by atoms with van der Waals surface area (Å²) >= 11 is 4.12. The van der Waals surface area contributed by atoms with Gasteiger partial charge in [-0.25, -0.2) is 0 Å². The predicted molar refractivity (Wildman–Crippen MR) is 73.5 cm³/mol. The molecule has 7 heteroatoms. The maximum Gasteiger partial charge on any atom is 0.176 e. The van der Waals surface area contributed by atoms with E-state index in [0.717, 1.165) is 18.8 Å². The van der Waals surface area contributed by atoms with Gasteiger partial charge in [0, 0.05) is 35.0 Å². The summed E-state index contributed by atoms with van der Waals surface area (Å²) in [5, 5.41) is 16.5. The summed E-state index contributed by atoms with van der Waals surface area (Å²) in [4.78, 5) is 1.53. The molecule has 0 spiro atoms. The van der Waals surface area contributed by atoms with Gasteiger partial charge in [0.15, 0.2) is 5.82 Å². The number of hydrogen-bond acceptors (Lipinski definition) is 6. The van der Waals surface area contributed by atoms with Gasteiger partial charge in [-0.2, -0.15) is 28.3 Å². The minimum Gasteiger partial charge on any atom is -0.313 e. The molecule has 1 aliphatic rings. The van der Waals surface area contributed by atoms with Crippen LogP contribution in [0.1, 0.15) is 12.7 Å². The molecule has 2 unspecified atom stereocenters. The van der Waals surface area contributed by atoms with Crippen molar-refractivity contribution in [1.29, 1.82) is 0 Å². The van der Waals surface area contributed by atoms with E-state index in [9.17, 15) is 0 Å². The van der Waals surface area contributed by atoms with Gasteiger partial charge in [-0.05, 0) is 11.8 Å². The van der Waals surface area contributed by atoms with Crippen LogP contribution in [-0.2, 0) is 13.5 Å². The van der Waals surface area contributed by atoms with E-state index in [1.807, 2.05) is 7.05 Å². The molecule has 0 amide bonds. The molecule has 0 radical (unpaired) electrons. The zero-order chi connectivity index (χ0) is 12.1. The number of tetrazole rings is 1. The van der Waals surface area contributed by atoms with Crippen molar-refractivity contribution in [2.75, 3.05) is 23.8 Å². The van der Waals surface area contributed by atoms with E-state index >= 15 is 0 Å². The van der Waals surface area contributed by atoms with Crippen LogP contribution in [-0.4, -0.2) is 55.3 Å². The van der Waals surface area contributed by atoms with Crippen LogP contribution >= 0.6 is 23.5 Å². The molecule has 1 saturated heterocycles. The highest BCUT2D eigenvalue weighted by Crippen LogP contribution is 2.27. The largest absolute Gasteiger partial charge is 0.313 e. The van der Waals surface area contributed by atoms with Gasteiger partial charge < -0.3 is 5.32 Å². The number of aromatic nitrogens is 4. The lowest BCUT2D eigenvalue weighted by atomic mass is 10.1. The first-order valence-corrected chi connectivity index (χ1v) is 8.15. The van der Waals surface area contributed by atoms with E-state index in [1.165, 1.54) is 22.1 Å². The second-order valence-corrected chi connectivity index (χ2v) is 6.54. The van der Waals surface area contributed by atoms with Crippen LogP contribution in [0.4, 0.5) is 0 Å². The van der Waals surface area contributed by atoms with E-state index < -0.39 is 0 Å². The topological polar surface area (TPSA) is 55.6 Å². The average molecular weight is 273 g/mol. The average Bonchev–Trinajstić information content (AvgIpc) is 2.75. The Morgan fingerprint density at radius 1 is 1.53 bits per heavy atom. The third kappa shape index (κ3) is 3.86. The summed E-state index contributed by atoms with van der Waals surface area (Å²) in [6, 6.07) is 0.460. The Morgan fingerprint density at radius 3 is 3.00 bits per heavy atom. The molecule has 96 valence electrons. The van der Waals surface area contributed by atoms with Crippen molar-refractivity contribution < 1.29 is 0 Å². The van der Waals surface area contributed by atoms with Crippen molar-refractivity contribution in [1.82, 2.24) is 25.5 Å². The third-order valence-corrected chi connectivity index (χ3v) is 5.63. The van der Waals surface area contributed by atoms with Crippen LogP contribution in [0.25, 0.3) is 0 Å². The molecule has 17 heavy (non-hydrogen) atoms. The molecule has 2 heterocycles. The van der Waals surface area contributed by atoms with Crippen molar-refractivity contribution >= 4 is 23.5 Å². The normalized spacial score (nSPS) is 22.6. The number of thioether (sulfide) groups is 2. The smallest absolute Gasteiger partial charge is 0.176 e. The monoisotopic (exact) mass is 273 g/mol. The molecular formula is C10H19N5S2. The number of aryl methyl sites for hydroxylation is 1. The van der Waals surface area contributed by atoms with Crippen LogP contribution in [0.5, 0.6) is 0 Å². The summed E-state index contributed by atoms with van der Waals surface area (Å²) < 4.78 is 0. The molecule has 1 aromatic rings. The van der Waals surface area contributed by atoms with E-state index in [0.29, 0.717) is 11.3 Å². The molecule has 0 aromatic carbocycles. The fraction of sp³-hybridized carbons (Fsp3) is 0.900. The van der Waals surface area contributed by atoms with E-state index in [1.54, 1.807) is 0 Å². The maximum absolute atomic E-state index is 4.27. The lowest BCUT2D eigenvalue weighted by Crippen LogP contribution is -2.42. The number of hydrogen-bond donors (Lipinski definition) is 1. The highest BCUT2D eigenvalue weighted by atomic mass is 32.2. The second-order valence-electron chi connectivity index (χ2n) is 4.05. The van der Waals surface area contributed by atoms with Gasteiger partial charge in [0.05, 0.1) is 7.05 Å². The second kappa shape index (κ2) is 6.61. The summed E-state index contributed by atoms with van der Waals surface area (Å²) in [5.74, 6) is 4.60. The lowest BCUT2D eigenvalue weighted by Gasteiger charge is -2.29. The Hall–Kier alpha value is -0.270. The van der Waals surface area contributed by atoms with Crippen molar-refractivity contribution in [3.63, 3.8) is 0 Å². The van der Waals surface area contributed by atoms with Crippen molar-refractivity contribution in [3.05, 3.63) is 5.82 Å². The quantitative estimate of drug-likeness (QED) is 0.847. The fourth-order valence-electron chi connectivity index (χ4n) is 1.94. The first kappa shape index (κ1) is 13.2. The highest BCUT2D eigenvalue weighted by molar-refractivity contribution is 8.06. The van der Waals surface area contributed by atoms with Crippen LogP contribution in [0, 0.1) is 0 Å². The first-order valence-electron chi connectivity index (χ1n) is 5.95. The lowest BCUT2D eigenvalue weighted by molar-refractivity contribution is 0.510. The van der Waals surface area contributed by atoms with E-state index in [4.69, 9.17) is 0 Å². The predicted octanol–water partition coefficient (Wildman–Crippen LogP) is 0.579. The van der Waals surface area contributed by atoms with Gasteiger partial charge >= 0.3 is 0 Å². The number of likely N-dealkylation sites (N-methyl/N-ethyl adjacent to an activating group) is 1. The molecule has 0 bridgehead atoms. The zero-order valence-electron chi connectivity index (χ0n) is 10.3. The molecule has 1 aliphatic heterocycles. The molecule has 0 saturated carbocycles. The summed E-state index contributed by atoms with van der Waals surface area (Å²) in [5.41, 5.74) is 0. The molecule has 1 aromatic heterocycles. The van der Waals surface area contributed by atoms with Crippen LogP contribution in [0.2, 0.25) is 0 Å². The van der Waals surface area contributed by atoms with Crippen LogP contribution < -0.4 is 5.32 Å². The van der Waals surface area contributed by atoms with Gasteiger partial charge in [0.25, 0.3) is 0 Å². The molecule has 1 N–H and O–H groups in total. The Bertz CT molecular complexity index is 337. The van der Waals surface area contributed by atoms with E-state index in [2.05, 4.69) is 51.2 Å². The van der Waals surface area contributed by atoms with Gasteiger partial charge in [-0.1, -0.05) is 6.92 Å². The molecular weight excluding hydrogens is 254 g/mol. The van der Waals surface area contributed by atoms with Crippen LogP contribution in [0.15, 0.2) is 0 Å². The minimum absolute atomic E-state index is 0.460. The molecule has 1 fully saturated rings. The van der Waals surface area contributed by atoms with Crippen molar-refractivity contribution in [2.24, 2.45) is 7.05 Å². The fourth-order valence-corrected chi connectivity index (χ4v) is 4.83. The molecule has 0 aliphatic carbocycles. The Kier molecular flexibility index (Phi) is 5.12. The first-order chi connectivity index (χ1) is 8.29. The third-order valence-electron chi connectivity index (χ3n) is 2.71. The molecule has 5 nitrogen and oxygen atoms in total. The van der Waals surface area contributed by atoms with Crippen molar-refractivity contribution in [2.45, 2.75) is 24.6 Å². The van der Waals surface area contributed by atoms with Gasteiger partial charge in [-0.3, -0.25) is 0 Å². The van der Waals surface area contributed by atoms with E-state index in [-0.39, 0.29) is 0 Å². The summed E-state index contributed by atoms with van der Waals surface area (Å²) in [6.45, 7) is 3.14. The summed E-state index contributed by atoms with van der Waals surface area (Å²) in [7, 11) is 1.81.